The van der Waals surface area contributed by atoms with Crippen molar-refractivity contribution in [3.8, 4) is 0 Å². The number of piperidine rings is 1. The summed E-state index contributed by atoms with van der Waals surface area (Å²) < 4.78 is 0. The third-order valence-electron chi connectivity index (χ3n) is 3.32. The molecule has 0 aromatic carbocycles. The van der Waals surface area contributed by atoms with E-state index in [-0.39, 0.29) is 42.4 Å². The van der Waals surface area contributed by atoms with Crippen molar-refractivity contribution in [2.45, 2.75) is 19.9 Å². The van der Waals surface area contributed by atoms with Gasteiger partial charge in [-0.05, 0) is 23.8 Å². The smallest absolute Gasteiger partial charge is 1.00 e. The molecule has 1 heterocycles. The number of rotatable bonds is 1. The normalized spacial score (nSPS) is 41.3. The molecular weight excluding hydrogens is 165 g/mol. The molecule has 0 aromatic heterocycles. The van der Waals surface area contributed by atoms with Crippen molar-refractivity contribution >= 4 is 5.97 Å². The van der Waals surface area contributed by atoms with E-state index in [1.165, 1.54) is 0 Å². The quantitative estimate of drug-likeness (QED) is 0.435. The van der Waals surface area contributed by atoms with Crippen LogP contribution in [0.15, 0.2) is 0 Å². The van der Waals surface area contributed by atoms with Crippen molar-refractivity contribution in [3.63, 3.8) is 0 Å². The molecule has 0 bridgehead atoms. The van der Waals surface area contributed by atoms with Gasteiger partial charge in [0.15, 0.2) is 0 Å². The molecule has 64 valence electrons. The van der Waals surface area contributed by atoms with Gasteiger partial charge in [0.05, 0.1) is 0 Å². The average Bonchev–Trinajstić information content (AvgIpc) is 2.34. The zero-order chi connectivity index (χ0) is 8.22. The van der Waals surface area contributed by atoms with E-state index in [0.29, 0.717) is 11.8 Å². The van der Waals surface area contributed by atoms with Crippen LogP contribution in [0.3, 0.4) is 0 Å². The standard InChI is InChI=1S/C8H13NO2.Na.H/c1-8(2)4-3-9-6(5(4)8)7(10)11;;/h4-6,9H,3H2,1-2H3,(H,10,11);;/q;+1;-1/t4-,5-,6-;;/m0../s1. The molecule has 1 aliphatic carbocycles. The molecule has 3 nitrogen and oxygen atoms in total. The number of fused-ring (bicyclic) bond motifs is 1. The predicted molar refractivity (Wildman–Crippen MR) is 41.3 cm³/mol. The summed E-state index contributed by atoms with van der Waals surface area (Å²) in [6.45, 7) is 5.19. The van der Waals surface area contributed by atoms with E-state index in [2.05, 4.69) is 19.2 Å². The Balaban J connectivity index is 0.000000720. The maximum Gasteiger partial charge on any atom is 1.00 e. The second-order valence-corrected chi connectivity index (χ2v) is 4.18. The van der Waals surface area contributed by atoms with Gasteiger partial charge in [0.2, 0.25) is 0 Å². The minimum atomic E-state index is -0.692. The number of hydrogen-bond acceptors (Lipinski definition) is 2. The summed E-state index contributed by atoms with van der Waals surface area (Å²) in [6.07, 6.45) is 0. The van der Waals surface area contributed by atoms with Crippen molar-refractivity contribution in [1.82, 2.24) is 5.32 Å². The van der Waals surface area contributed by atoms with Crippen molar-refractivity contribution < 1.29 is 40.9 Å². The number of carboxylic acid groups (broad SMARTS) is 1. The number of aliphatic carboxylic acids is 1. The maximum absolute atomic E-state index is 10.7. The van der Waals surface area contributed by atoms with Crippen LogP contribution in [0.4, 0.5) is 0 Å². The number of nitrogens with one attached hydrogen (secondary N) is 1. The van der Waals surface area contributed by atoms with Gasteiger partial charge < -0.3 is 11.8 Å². The molecule has 2 aliphatic rings. The first-order valence-electron chi connectivity index (χ1n) is 4.01. The van der Waals surface area contributed by atoms with Crippen LogP contribution in [0, 0.1) is 17.3 Å². The fourth-order valence-electron chi connectivity index (χ4n) is 2.46. The summed E-state index contributed by atoms with van der Waals surface area (Å²) in [5.41, 5.74) is 0.272. The van der Waals surface area contributed by atoms with Crippen molar-refractivity contribution in [2.24, 2.45) is 17.3 Å². The fourth-order valence-corrected chi connectivity index (χ4v) is 2.46. The van der Waals surface area contributed by atoms with E-state index in [1.807, 2.05) is 0 Å². The number of hydrogen-bond donors (Lipinski definition) is 2. The third kappa shape index (κ3) is 1.23. The monoisotopic (exact) mass is 179 g/mol. The van der Waals surface area contributed by atoms with E-state index in [9.17, 15) is 4.79 Å². The van der Waals surface area contributed by atoms with Gasteiger partial charge in [-0.25, -0.2) is 0 Å². The maximum atomic E-state index is 10.7. The minimum Gasteiger partial charge on any atom is -1.00 e. The minimum absolute atomic E-state index is 0. The molecule has 0 amide bonds. The van der Waals surface area contributed by atoms with E-state index < -0.39 is 5.97 Å². The van der Waals surface area contributed by atoms with Crippen LogP contribution in [0.2, 0.25) is 0 Å². The molecule has 0 unspecified atom stereocenters. The Kier molecular flexibility index (Phi) is 2.61. The van der Waals surface area contributed by atoms with Gasteiger partial charge >= 0.3 is 35.5 Å². The first-order chi connectivity index (χ1) is 5.05. The topological polar surface area (TPSA) is 49.3 Å². The molecule has 0 radical (unpaired) electrons. The molecule has 0 spiro atoms. The summed E-state index contributed by atoms with van der Waals surface area (Å²) in [7, 11) is 0. The summed E-state index contributed by atoms with van der Waals surface area (Å²) >= 11 is 0. The van der Waals surface area contributed by atoms with E-state index >= 15 is 0 Å². The first-order valence-corrected chi connectivity index (χ1v) is 4.01. The number of carboxylic acids is 1. The molecular formula is C8H14NNaO2. The van der Waals surface area contributed by atoms with Gasteiger partial charge in [-0.2, -0.15) is 0 Å². The Bertz CT molecular complexity index is 222. The molecule has 1 aliphatic heterocycles. The van der Waals surface area contributed by atoms with Crippen LogP contribution in [0.1, 0.15) is 15.3 Å². The number of carbonyl (C=O) groups is 1. The van der Waals surface area contributed by atoms with Gasteiger partial charge in [-0.3, -0.25) is 4.79 Å². The molecule has 2 fully saturated rings. The summed E-state index contributed by atoms with van der Waals surface area (Å²) in [5, 5.41) is 11.8. The summed E-state index contributed by atoms with van der Waals surface area (Å²) in [4.78, 5) is 10.7. The van der Waals surface area contributed by atoms with Crippen LogP contribution in [-0.4, -0.2) is 23.7 Å². The van der Waals surface area contributed by atoms with Crippen LogP contribution in [-0.2, 0) is 4.79 Å². The average molecular weight is 179 g/mol. The van der Waals surface area contributed by atoms with E-state index in [0.717, 1.165) is 6.54 Å². The van der Waals surface area contributed by atoms with Crippen LogP contribution >= 0.6 is 0 Å². The van der Waals surface area contributed by atoms with Gasteiger partial charge in [-0.1, -0.05) is 13.8 Å². The molecule has 12 heavy (non-hydrogen) atoms. The van der Waals surface area contributed by atoms with Gasteiger partial charge in [0.1, 0.15) is 6.04 Å². The van der Waals surface area contributed by atoms with Gasteiger partial charge in [-0.15, -0.1) is 0 Å². The van der Waals surface area contributed by atoms with Crippen molar-refractivity contribution in [3.05, 3.63) is 0 Å². The molecule has 3 atom stereocenters. The first kappa shape index (κ1) is 10.5. The Morgan fingerprint density at radius 3 is 2.50 bits per heavy atom. The van der Waals surface area contributed by atoms with Gasteiger partial charge in [0, 0.05) is 0 Å². The second kappa shape index (κ2) is 2.98. The summed E-state index contributed by atoms with van der Waals surface area (Å²) in [6, 6.07) is -0.282. The molecule has 0 aromatic rings. The molecule has 2 N–H and O–H groups in total. The van der Waals surface area contributed by atoms with Crippen molar-refractivity contribution in [2.75, 3.05) is 6.54 Å². The van der Waals surface area contributed by atoms with E-state index in [4.69, 9.17) is 5.11 Å². The van der Waals surface area contributed by atoms with Crippen LogP contribution < -0.4 is 34.9 Å². The van der Waals surface area contributed by atoms with Crippen LogP contribution in [0.25, 0.3) is 0 Å². The Morgan fingerprint density at radius 2 is 2.25 bits per heavy atom. The SMILES string of the molecule is CC1(C)[C@@H]2[C@@H](C(=O)O)NC[C@@H]21.[H-].[Na+]. The zero-order valence-electron chi connectivity index (χ0n) is 8.79. The fraction of sp³-hybridized carbons (Fsp3) is 0.875. The van der Waals surface area contributed by atoms with E-state index in [1.54, 1.807) is 0 Å². The molecule has 1 saturated heterocycles. The Labute approximate surface area is 95.7 Å². The van der Waals surface area contributed by atoms with Gasteiger partial charge in [0.25, 0.3) is 0 Å². The molecule has 1 saturated carbocycles. The Hall–Kier alpha value is 0.430. The van der Waals surface area contributed by atoms with Crippen LogP contribution in [0.5, 0.6) is 0 Å². The second-order valence-electron chi connectivity index (χ2n) is 4.18. The third-order valence-corrected chi connectivity index (χ3v) is 3.32. The predicted octanol–water partition coefficient (Wildman–Crippen LogP) is -2.57. The summed E-state index contributed by atoms with van der Waals surface area (Å²) in [5.74, 6) is 0.284. The van der Waals surface area contributed by atoms with Crippen molar-refractivity contribution in [1.29, 1.82) is 0 Å². The zero-order valence-corrected chi connectivity index (χ0v) is 9.79. The largest absolute Gasteiger partial charge is 1.00 e. The molecule has 4 heteroatoms. The molecule has 2 rings (SSSR count). The Morgan fingerprint density at radius 1 is 1.67 bits per heavy atom.